The number of hydrogen-bond donors (Lipinski definition) is 0. The molecule has 1 unspecified atom stereocenters. The molecule has 1 rings (SSSR count). The zero-order chi connectivity index (χ0) is 12.7. The lowest BCUT2D eigenvalue weighted by Gasteiger charge is -2.21. The van der Waals surface area contributed by atoms with Gasteiger partial charge in [-0.2, -0.15) is 0 Å². The average Bonchev–Trinajstić information content (AvgIpc) is 2.43. The summed E-state index contributed by atoms with van der Waals surface area (Å²) < 4.78 is 13.9. The smallest absolute Gasteiger partial charge is 0.191 e. The maximum Gasteiger partial charge on any atom is 0.191 e. The molecule has 0 bridgehead atoms. The lowest BCUT2D eigenvalue weighted by atomic mass is 9.85. The number of rotatable bonds is 1. The second kappa shape index (κ2) is 3.66. The summed E-state index contributed by atoms with van der Waals surface area (Å²) in [5.74, 6) is 1.50. The minimum absolute atomic E-state index is 0.0961. The molecule has 0 aliphatic rings. The number of aryl methyl sites for hydroxylation is 1. The van der Waals surface area contributed by atoms with Crippen LogP contribution in [0.25, 0.3) is 0 Å². The van der Waals surface area contributed by atoms with Crippen LogP contribution in [0.2, 0.25) is 0 Å². The Morgan fingerprint density at radius 3 is 2.13 bits per heavy atom. The highest BCUT2D eigenvalue weighted by atomic mass is 16.4. The molecule has 1 aromatic rings. The van der Waals surface area contributed by atoms with Crippen molar-refractivity contribution in [2.45, 2.75) is 60.3 Å². The molecule has 2 nitrogen and oxygen atoms in total. The monoisotopic (exact) mass is 210 g/mol. The zero-order valence-corrected chi connectivity index (χ0v) is 10.9. The zero-order valence-electron chi connectivity index (χ0n) is 11.9. The summed E-state index contributed by atoms with van der Waals surface area (Å²) >= 11 is 0. The number of nitrogens with zero attached hydrogens (tertiary/aromatic N) is 1. The van der Waals surface area contributed by atoms with Gasteiger partial charge in [0.2, 0.25) is 0 Å². The fourth-order valence-electron chi connectivity index (χ4n) is 1.49. The number of oxazole rings is 1. The van der Waals surface area contributed by atoms with E-state index < -0.39 is 0 Å². The van der Waals surface area contributed by atoms with Gasteiger partial charge in [-0.15, -0.1) is 0 Å². The van der Waals surface area contributed by atoms with Crippen molar-refractivity contribution in [3.05, 3.63) is 17.3 Å². The molecule has 0 aliphatic carbocycles. The first-order chi connectivity index (χ1) is 7.03. The van der Waals surface area contributed by atoms with E-state index in [1.807, 2.05) is 6.92 Å². The van der Waals surface area contributed by atoms with Gasteiger partial charge in [0.1, 0.15) is 5.76 Å². The molecule has 0 fully saturated rings. The molecule has 0 aliphatic heterocycles. The fourth-order valence-corrected chi connectivity index (χ4v) is 1.49. The van der Waals surface area contributed by atoms with E-state index in [4.69, 9.17) is 5.79 Å². The van der Waals surface area contributed by atoms with Crippen molar-refractivity contribution < 1.29 is 5.79 Å². The molecule has 1 atom stereocenters. The molecule has 1 aromatic heterocycles. The summed E-state index contributed by atoms with van der Waals surface area (Å²) in [6, 6.07) is 0. The van der Waals surface area contributed by atoms with Gasteiger partial charge < -0.3 is 4.42 Å². The SMILES string of the molecule is [2H]C(c1nc(C)oc1C(C)(C)C)C(C)(C)C. The van der Waals surface area contributed by atoms with Gasteiger partial charge in [-0.25, -0.2) is 4.98 Å². The van der Waals surface area contributed by atoms with Crippen molar-refractivity contribution in [2.24, 2.45) is 5.41 Å². The lowest BCUT2D eigenvalue weighted by Crippen LogP contribution is -2.17. The van der Waals surface area contributed by atoms with E-state index in [9.17, 15) is 0 Å². The van der Waals surface area contributed by atoms with Gasteiger partial charge in [0, 0.05) is 13.7 Å². The van der Waals surface area contributed by atoms with Gasteiger partial charge in [0.05, 0.1) is 5.69 Å². The van der Waals surface area contributed by atoms with Crippen LogP contribution in [-0.4, -0.2) is 4.98 Å². The summed E-state index contributed by atoms with van der Waals surface area (Å²) in [6.07, 6.45) is -0.348. The summed E-state index contributed by atoms with van der Waals surface area (Å²) in [5, 5.41) is 0. The van der Waals surface area contributed by atoms with Crippen molar-refractivity contribution in [3.8, 4) is 0 Å². The molecule has 0 saturated heterocycles. The predicted molar refractivity (Wildman–Crippen MR) is 63.1 cm³/mol. The van der Waals surface area contributed by atoms with Crippen LogP contribution >= 0.6 is 0 Å². The molecular weight excluding hydrogens is 186 g/mol. The maximum atomic E-state index is 8.28. The Kier molecular flexibility index (Phi) is 2.61. The summed E-state index contributed by atoms with van der Waals surface area (Å²) in [7, 11) is 0. The molecule has 0 saturated carbocycles. The Morgan fingerprint density at radius 2 is 1.73 bits per heavy atom. The van der Waals surface area contributed by atoms with Crippen LogP contribution < -0.4 is 0 Å². The van der Waals surface area contributed by atoms with E-state index in [2.05, 4.69) is 46.5 Å². The Labute approximate surface area is 94.5 Å². The topological polar surface area (TPSA) is 26.0 Å². The average molecular weight is 210 g/mol. The molecular formula is C13H23NO. The Morgan fingerprint density at radius 1 is 1.20 bits per heavy atom. The van der Waals surface area contributed by atoms with E-state index in [0.717, 1.165) is 11.5 Å². The van der Waals surface area contributed by atoms with Crippen LogP contribution in [0.5, 0.6) is 0 Å². The normalized spacial score (nSPS) is 16.3. The molecule has 0 amide bonds. The molecule has 0 spiro atoms. The molecule has 0 radical (unpaired) electrons. The first-order valence-corrected chi connectivity index (χ1v) is 5.43. The Balaban J connectivity index is 3.24. The molecule has 2 heteroatoms. The van der Waals surface area contributed by atoms with Gasteiger partial charge >= 0.3 is 0 Å². The fraction of sp³-hybridized carbons (Fsp3) is 0.769. The third-order valence-electron chi connectivity index (χ3n) is 2.01. The lowest BCUT2D eigenvalue weighted by molar-refractivity contribution is 0.369. The first kappa shape index (κ1) is 10.7. The van der Waals surface area contributed by atoms with Crippen molar-refractivity contribution in [3.63, 3.8) is 0 Å². The molecule has 15 heavy (non-hydrogen) atoms. The van der Waals surface area contributed by atoms with E-state index >= 15 is 0 Å². The van der Waals surface area contributed by atoms with Crippen molar-refractivity contribution >= 4 is 0 Å². The van der Waals surface area contributed by atoms with E-state index in [-0.39, 0.29) is 17.2 Å². The minimum atomic E-state index is -0.348. The van der Waals surface area contributed by atoms with Crippen LogP contribution in [0, 0.1) is 12.3 Å². The molecule has 0 N–H and O–H groups in total. The number of aromatic nitrogens is 1. The van der Waals surface area contributed by atoms with Gasteiger partial charge in [0.15, 0.2) is 5.89 Å². The predicted octanol–water partition coefficient (Wildman–Crippen LogP) is 3.87. The highest BCUT2D eigenvalue weighted by molar-refractivity contribution is 5.19. The van der Waals surface area contributed by atoms with Crippen molar-refractivity contribution in [1.29, 1.82) is 0 Å². The van der Waals surface area contributed by atoms with Crippen molar-refractivity contribution in [1.82, 2.24) is 4.98 Å². The van der Waals surface area contributed by atoms with Crippen LogP contribution in [0.1, 0.15) is 60.3 Å². The van der Waals surface area contributed by atoms with E-state index in [1.165, 1.54) is 0 Å². The molecule has 0 aromatic carbocycles. The summed E-state index contributed by atoms with van der Waals surface area (Å²) in [6.45, 7) is 14.3. The van der Waals surface area contributed by atoms with Crippen LogP contribution in [-0.2, 0) is 11.8 Å². The highest BCUT2D eigenvalue weighted by Gasteiger charge is 2.26. The van der Waals surface area contributed by atoms with Gasteiger partial charge in [-0.1, -0.05) is 41.5 Å². The largest absolute Gasteiger partial charge is 0.445 e. The van der Waals surface area contributed by atoms with Crippen LogP contribution in [0.15, 0.2) is 4.42 Å². The molecule has 1 heterocycles. The van der Waals surface area contributed by atoms with Gasteiger partial charge in [-0.3, -0.25) is 0 Å². The standard InChI is InChI=1S/C13H23NO/c1-9-14-10(8-12(2,3)4)11(15-9)13(5,6)7/h8H2,1-7H3/i8D. The second-order valence-corrected chi connectivity index (χ2v) is 6.21. The maximum absolute atomic E-state index is 8.28. The third kappa shape index (κ3) is 3.37. The van der Waals surface area contributed by atoms with E-state index in [1.54, 1.807) is 0 Å². The molecule has 86 valence electrons. The van der Waals surface area contributed by atoms with Crippen LogP contribution in [0.3, 0.4) is 0 Å². The Bertz CT molecular complexity index is 368. The second-order valence-electron chi connectivity index (χ2n) is 6.21. The quantitative estimate of drug-likeness (QED) is 0.703. The third-order valence-corrected chi connectivity index (χ3v) is 2.01. The summed E-state index contributed by atoms with van der Waals surface area (Å²) in [4.78, 5) is 4.39. The first-order valence-electron chi connectivity index (χ1n) is 6.01. The van der Waals surface area contributed by atoms with E-state index in [0.29, 0.717) is 5.89 Å². The number of hydrogen-bond acceptors (Lipinski definition) is 2. The van der Waals surface area contributed by atoms with Gasteiger partial charge in [0.25, 0.3) is 0 Å². The van der Waals surface area contributed by atoms with Gasteiger partial charge in [-0.05, 0) is 11.8 Å². The minimum Gasteiger partial charge on any atom is -0.445 e. The van der Waals surface area contributed by atoms with Crippen molar-refractivity contribution in [2.75, 3.05) is 0 Å². The van der Waals surface area contributed by atoms with Crippen LogP contribution in [0.4, 0.5) is 0 Å². The Hall–Kier alpha value is -0.790. The summed E-state index contributed by atoms with van der Waals surface area (Å²) in [5.41, 5.74) is 0.572. The highest BCUT2D eigenvalue weighted by Crippen LogP contribution is 2.30.